The SMILES string of the molecule is CC(NC(N)=O)C(=O)Nc1ccccc1C(C)O. The number of aliphatic hydroxyl groups is 1. The quantitative estimate of drug-likeness (QED) is 0.634. The molecule has 0 radical (unpaired) electrons. The van der Waals surface area contributed by atoms with Crippen LogP contribution in [-0.4, -0.2) is 23.1 Å². The molecule has 0 heterocycles. The number of carbonyl (C=O) groups excluding carboxylic acids is 2. The van der Waals surface area contributed by atoms with Crippen molar-refractivity contribution in [1.82, 2.24) is 5.32 Å². The Kier molecular flexibility index (Phi) is 4.67. The van der Waals surface area contributed by atoms with Crippen molar-refractivity contribution < 1.29 is 14.7 Å². The standard InChI is InChI=1S/C12H17N3O3/c1-7(14-12(13)18)11(17)15-10-6-4-3-5-9(10)8(2)16/h3-8,16H,1-2H3,(H,15,17)(H3,13,14,18). The van der Waals surface area contributed by atoms with Crippen LogP contribution < -0.4 is 16.4 Å². The molecule has 18 heavy (non-hydrogen) atoms. The molecule has 0 aromatic heterocycles. The molecule has 1 aromatic rings. The van der Waals surface area contributed by atoms with Gasteiger partial charge in [-0.3, -0.25) is 4.79 Å². The summed E-state index contributed by atoms with van der Waals surface area (Å²) in [7, 11) is 0. The first kappa shape index (κ1) is 14.0. The van der Waals surface area contributed by atoms with E-state index in [0.717, 1.165) is 0 Å². The number of aliphatic hydroxyl groups excluding tert-OH is 1. The third-order valence-electron chi connectivity index (χ3n) is 2.42. The van der Waals surface area contributed by atoms with Crippen LogP contribution >= 0.6 is 0 Å². The van der Waals surface area contributed by atoms with E-state index in [1.807, 2.05) is 0 Å². The van der Waals surface area contributed by atoms with Crippen LogP contribution in [0.2, 0.25) is 0 Å². The normalized spacial score (nSPS) is 13.5. The van der Waals surface area contributed by atoms with Crippen molar-refractivity contribution in [2.45, 2.75) is 26.0 Å². The lowest BCUT2D eigenvalue weighted by atomic mass is 10.1. The molecule has 98 valence electrons. The van der Waals surface area contributed by atoms with Gasteiger partial charge in [0.25, 0.3) is 0 Å². The Hall–Kier alpha value is -2.08. The molecule has 0 aliphatic heterocycles. The van der Waals surface area contributed by atoms with E-state index in [9.17, 15) is 14.7 Å². The highest BCUT2D eigenvalue weighted by molar-refractivity contribution is 5.97. The maximum absolute atomic E-state index is 11.8. The number of nitrogens with two attached hydrogens (primary N) is 1. The molecule has 3 amide bonds. The Morgan fingerprint density at radius 1 is 1.28 bits per heavy atom. The van der Waals surface area contributed by atoms with Crippen molar-refractivity contribution in [3.8, 4) is 0 Å². The number of primary amides is 1. The number of nitrogens with one attached hydrogen (secondary N) is 2. The molecule has 2 unspecified atom stereocenters. The second-order valence-electron chi connectivity index (χ2n) is 3.98. The zero-order valence-corrected chi connectivity index (χ0v) is 10.3. The molecule has 5 N–H and O–H groups in total. The van der Waals surface area contributed by atoms with Crippen molar-refractivity contribution in [1.29, 1.82) is 0 Å². The second-order valence-corrected chi connectivity index (χ2v) is 3.98. The summed E-state index contributed by atoms with van der Waals surface area (Å²) in [6.45, 7) is 3.13. The van der Waals surface area contributed by atoms with Gasteiger partial charge in [-0.25, -0.2) is 4.79 Å². The topological polar surface area (TPSA) is 104 Å². The number of benzene rings is 1. The van der Waals surface area contributed by atoms with E-state index >= 15 is 0 Å². The summed E-state index contributed by atoms with van der Waals surface area (Å²) in [4.78, 5) is 22.4. The smallest absolute Gasteiger partial charge is 0.312 e. The van der Waals surface area contributed by atoms with Crippen molar-refractivity contribution in [2.24, 2.45) is 5.73 Å². The Labute approximate surface area is 105 Å². The molecule has 2 atom stereocenters. The minimum atomic E-state index is -0.763. The Morgan fingerprint density at radius 2 is 1.89 bits per heavy atom. The van der Waals surface area contributed by atoms with Gasteiger partial charge in [0.2, 0.25) is 5.91 Å². The average Bonchev–Trinajstić information content (AvgIpc) is 2.28. The first-order valence-corrected chi connectivity index (χ1v) is 5.55. The second kappa shape index (κ2) is 6.02. The molecule has 0 spiro atoms. The van der Waals surface area contributed by atoms with Gasteiger partial charge in [0.15, 0.2) is 0 Å². The summed E-state index contributed by atoms with van der Waals surface area (Å²) >= 11 is 0. The van der Waals surface area contributed by atoms with Crippen molar-refractivity contribution in [2.75, 3.05) is 5.32 Å². The van der Waals surface area contributed by atoms with Crippen LogP contribution in [0.4, 0.5) is 10.5 Å². The fourth-order valence-corrected chi connectivity index (χ4v) is 1.50. The average molecular weight is 251 g/mol. The minimum absolute atomic E-state index is 0.401. The van der Waals surface area contributed by atoms with Gasteiger partial charge < -0.3 is 21.5 Å². The molecule has 6 heteroatoms. The van der Waals surface area contributed by atoms with Crippen molar-refractivity contribution in [3.63, 3.8) is 0 Å². The van der Waals surface area contributed by atoms with Gasteiger partial charge in [-0.2, -0.15) is 0 Å². The number of hydrogen-bond donors (Lipinski definition) is 4. The monoisotopic (exact) mass is 251 g/mol. The summed E-state index contributed by atoms with van der Waals surface area (Å²) in [5.41, 5.74) is 6.05. The fraction of sp³-hybridized carbons (Fsp3) is 0.333. The maximum Gasteiger partial charge on any atom is 0.312 e. The third kappa shape index (κ3) is 3.74. The number of carbonyl (C=O) groups is 2. The Balaban J connectivity index is 2.78. The molecule has 1 rings (SSSR count). The number of amides is 3. The van der Waals surface area contributed by atoms with Gasteiger partial charge in [0.1, 0.15) is 6.04 Å². The van der Waals surface area contributed by atoms with Gasteiger partial charge in [0.05, 0.1) is 6.10 Å². The van der Waals surface area contributed by atoms with Gasteiger partial charge in [-0.15, -0.1) is 0 Å². The van der Waals surface area contributed by atoms with Crippen LogP contribution in [0.1, 0.15) is 25.5 Å². The molecule has 0 aliphatic carbocycles. The summed E-state index contributed by atoms with van der Waals surface area (Å²) in [5, 5.41) is 14.5. The zero-order chi connectivity index (χ0) is 13.7. The summed E-state index contributed by atoms with van der Waals surface area (Å²) in [6.07, 6.45) is -0.694. The molecular weight excluding hydrogens is 234 g/mol. The summed E-state index contributed by atoms with van der Waals surface area (Å²) in [6, 6.07) is 5.39. The Bertz CT molecular complexity index is 446. The van der Waals surface area contributed by atoms with Crippen LogP contribution in [0, 0.1) is 0 Å². The number of anilines is 1. The highest BCUT2D eigenvalue weighted by atomic mass is 16.3. The van der Waals surface area contributed by atoms with Crippen LogP contribution in [0.25, 0.3) is 0 Å². The van der Waals surface area contributed by atoms with E-state index in [2.05, 4.69) is 10.6 Å². The van der Waals surface area contributed by atoms with Crippen molar-refractivity contribution >= 4 is 17.6 Å². The van der Waals surface area contributed by atoms with E-state index < -0.39 is 24.1 Å². The number of rotatable bonds is 4. The van der Waals surface area contributed by atoms with Gasteiger partial charge in [0, 0.05) is 11.3 Å². The zero-order valence-electron chi connectivity index (χ0n) is 10.3. The predicted molar refractivity (Wildman–Crippen MR) is 67.9 cm³/mol. The van der Waals surface area contributed by atoms with Gasteiger partial charge in [-0.1, -0.05) is 18.2 Å². The highest BCUT2D eigenvalue weighted by Gasteiger charge is 2.16. The predicted octanol–water partition coefficient (Wildman–Crippen LogP) is 0.735. The molecule has 0 aliphatic rings. The number of urea groups is 1. The molecular formula is C12H17N3O3. The first-order chi connectivity index (χ1) is 8.41. The van der Waals surface area contributed by atoms with E-state index in [1.54, 1.807) is 31.2 Å². The van der Waals surface area contributed by atoms with Crippen LogP contribution in [0.15, 0.2) is 24.3 Å². The van der Waals surface area contributed by atoms with Crippen LogP contribution in [0.5, 0.6) is 0 Å². The molecule has 6 nitrogen and oxygen atoms in total. The van der Waals surface area contributed by atoms with E-state index in [1.165, 1.54) is 6.92 Å². The number of hydrogen-bond acceptors (Lipinski definition) is 3. The lowest BCUT2D eigenvalue weighted by molar-refractivity contribution is -0.117. The summed E-state index contributed by atoms with van der Waals surface area (Å²) in [5.74, 6) is -0.401. The number of para-hydroxylation sites is 1. The van der Waals surface area contributed by atoms with Crippen LogP contribution in [0.3, 0.4) is 0 Å². The maximum atomic E-state index is 11.8. The molecule has 0 fully saturated rings. The van der Waals surface area contributed by atoms with Crippen LogP contribution in [-0.2, 0) is 4.79 Å². The van der Waals surface area contributed by atoms with E-state index in [-0.39, 0.29) is 0 Å². The highest BCUT2D eigenvalue weighted by Crippen LogP contribution is 2.22. The first-order valence-electron chi connectivity index (χ1n) is 5.55. The Morgan fingerprint density at radius 3 is 2.44 bits per heavy atom. The lowest BCUT2D eigenvalue weighted by Gasteiger charge is -2.16. The van der Waals surface area contributed by atoms with E-state index in [0.29, 0.717) is 11.3 Å². The lowest BCUT2D eigenvalue weighted by Crippen LogP contribution is -2.44. The molecule has 1 aromatic carbocycles. The largest absolute Gasteiger partial charge is 0.389 e. The minimum Gasteiger partial charge on any atom is -0.389 e. The molecule has 0 bridgehead atoms. The third-order valence-corrected chi connectivity index (χ3v) is 2.42. The molecule has 0 saturated carbocycles. The van der Waals surface area contributed by atoms with Gasteiger partial charge in [-0.05, 0) is 19.9 Å². The fourth-order valence-electron chi connectivity index (χ4n) is 1.50. The molecule has 0 saturated heterocycles. The van der Waals surface area contributed by atoms with Gasteiger partial charge >= 0.3 is 6.03 Å². The van der Waals surface area contributed by atoms with E-state index in [4.69, 9.17) is 5.73 Å². The summed E-state index contributed by atoms with van der Waals surface area (Å²) < 4.78 is 0. The van der Waals surface area contributed by atoms with Crippen molar-refractivity contribution in [3.05, 3.63) is 29.8 Å².